The van der Waals surface area contributed by atoms with Gasteiger partial charge in [0.05, 0.1) is 16.4 Å². The van der Waals surface area contributed by atoms with E-state index in [9.17, 15) is 0 Å². The number of aromatic nitrogens is 1. The molecule has 106 valence electrons. The average Bonchev–Trinajstić information content (AvgIpc) is 2.62. The van der Waals surface area contributed by atoms with Gasteiger partial charge in [0.15, 0.2) is 0 Å². The van der Waals surface area contributed by atoms with Crippen molar-refractivity contribution < 1.29 is 0 Å². The summed E-state index contributed by atoms with van der Waals surface area (Å²) in [7, 11) is 0. The summed E-state index contributed by atoms with van der Waals surface area (Å²) in [5.74, 6) is 2.68. The number of pyridine rings is 1. The molecule has 0 amide bonds. The topological polar surface area (TPSA) is 42.1 Å². The predicted octanol–water partition coefficient (Wildman–Crippen LogP) is 4.00. The maximum atomic E-state index is 5.90. The number of nitrogens with two attached hydrogens (primary N) is 1. The Morgan fingerprint density at radius 2 is 2.11 bits per heavy atom. The number of nitrogens with zero attached hydrogens (tertiary/aromatic N) is 2. The molecule has 1 saturated heterocycles. The van der Waals surface area contributed by atoms with Crippen LogP contribution in [0.2, 0.25) is 0 Å². The first-order chi connectivity index (χ1) is 9.00. The van der Waals surface area contributed by atoms with E-state index in [2.05, 4.69) is 39.7 Å². The third-order valence-electron chi connectivity index (χ3n) is 4.30. The highest BCUT2D eigenvalue weighted by Gasteiger charge is 2.22. The summed E-state index contributed by atoms with van der Waals surface area (Å²) in [4.78, 5) is 6.93. The molecule has 0 radical (unpaired) electrons. The fourth-order valence-electron chi connectivity index (χ4n) is 2.80. The lowest BCUT2D eigenvalue weighted by Gasteiger charge is -2.24. The van der Waals surface area contributed by atoms with Crippen molar-refractivity contribution in [3.8, 4) is 0 Å². The zero-order chi connectivity index (χ0) is 14.0. The van der Waals surface area contributed by atoms with Gasteiger partial charge >= 0.3 is 0 Å². The van der Waals surface area contributed by atoms with Gasteiger partial charge in [0, 0.05) is 13.1 Å². The van der Waals surface area contributed by atoms with E-state index in [1.165, 1.54) is 19.3 Å². The van der Waals surface area contributed by atoms with Gasteiger partial charge < -0.3 is 10.6 Å². The van der Waals surface area contributed by atoms with Crippen LogP contribution >= 0.6 is 15.9 Å². The molecule has 0 spiro atoms. The summed E-state index contributed by atoms with van der Waals surface area (Å²) in [6, 6.07) is 0. The molecule has 0 bridgehead atoms. The Morgan fingerprint density at radius 1 is 1.37 bits per heavy atom. The minimum absolute atomic E-state index is 0.755. The van der Waals surface area contributed by atoms with Crippen molar-refractivity contribution in [1.82, 2.24) is 4.98 Å². The molecule has 19 heavy (non-hydrogen) atoms. The van der Waals surface area contributed by atoms with Crippen molar-refractivity contribution in [2.24, 2.45) is 11.8 Å². The van der Waals surface area contributed by atoms with Crippen LogP contribution in [0.1, 0.15) is 38.7 Å². The molecule has 1 aromatic heterocycles. The number of hydrogen-bond donors (Lipinski definition) is 1. The van der Waals surface area contributed by atoms with Crippen molar-refractivity contribution in [2.45, 2.75) is 40.0 Å². The Hall–Kier alpha value is -0.770. The standard InChI is InChI=1S/C15H24BrN3/c1-10(2)12-5-4-7-19(8-6-12)15-14(16)11(3)13(17)9-18-15/h9-10,12H,4-8,17H2,1-3H3. The van der Waals surface area contributed by atoms with Crippen LogP contribution < -0.4 is 10.6 Å². The molecule has 1 aliphatic heterocycles. The van der Waals surface area contributed by atoms with Crippen LogP contribution in [0.4, 0.5) is 11.5 Å². The van der Waals surface area contributed by atoms with E-state index in [1.54, 1.807) is 6.20 Å². The van der Waals surface area contributed by atoms with E-state index in [0.717, 1.165) is 46.5 Å². The molecule has 1 atom stereocenters. The fraction of sp³-hybridized carbons (Fsp3) is 0.667. The van der Waals surface area contributed by atoms with E-state index >= 15 is 0 Å². The second-order valence-electron chi connectivity index (χ2n) is 5.90. The molecule has 2 N–H and O–H groups in total. The van der Waals surface area contributed by atoms with Gasteiger partial charge in [0.2, 0.25) is 0 Å². The second kappa shape index (κ2) is 6.12. The Morgan fingerprint density at radius 3 is 2.79 bits per heavy atom. The van der Waals surface area contributed by atoms with E-state index in [4.69, 9.17) is 5.73 Å². The van der Waals surface area contributed by atoms with Crippen molar-refractivity contribution in [2.75, 3.05) is 23.7 Å². The first-order valence-corrected chi connectivity index (χ1v) is 7.95. The van der Waals surface area contributed by atoms with Crippen LogP contribution in [0.5, 0.6) is 0 Å². The van der Waals surface area contributed by atoms with Crippen molar-refractivity contribution in [1.29, 1.82) is 0 Å². The van der Waals surface area contributed by atoms with Crippen molar-refractivity contribution >= 4 is 27.4 Å². The molecule has 3 nitrogen and oxygen atoms in total. The Kier molecular flexibility index (Phi) is 4.71. The van der Waals surface area contributed by atoms with E-state index in [-0.39, 0.29) is 0 Å². The molecule has 0 aromatic carbocycles. The molecule has 0 aliphatic carbocycles. The van der Waals surface area contributed by atoms with E-state index in [0.29, 0.717) is 0 Å². The molecular formula is C15H24BrN3. The molecule has 4 heteroatoms. The van der Waals surface area contributed by atoms with Gasteiger partial charge in [-0.15, -0.1) is 0 Å². The summed E-state index contributed by atoms with van der Waals surface area (Å²) < 4.78 is 1.05. The zero-order valence-corrected chi connectivity index (χ0v) is 13.7. The minimum Gasteiger partial charge on any atom is -0.397 e. The minimum atomic E-state index is 0.755. The Balaban J connectivity index is 2.17. The van der Waals surface area contributed by atoms with Gasteiger partial charge in [-0.25, -0.2) is 4.98 Å². The number of anilines is 2. The molecule has 0 saturated carbocycles. The second-order valence-corrected chi connectivity index (χ2v) is 6.69. The SMILES string of the molecule is Cc1c(N)cnc(N2CCCC(C(C)C)CC2)c1Br. The number of halogens is 1. The van der Waals surface area contributed by atoms with Crippen LogP contribution in [0.3, 0.4) is 0 Å². The smallest absolute Gasteiger partial charge is 0.143 e. The zero-order valence-electron chi connectivity index (χ0n) is 12.1. The number of hydrogen-bond acceptors (Lipinski definition) is 3. The monoisotopic (exact) mass is 325 g/mol. The maximum Gasteiger partial charge on any atom is 0.143 e. The molecule has 1 aromatic rings. The summed E-state index contributed by atoms with van der Waals surface area (Å²) in [6.07, 6.45) is 5.62. The molecule has 1 fully saturated rings. The van der Waals surface area contributed by atoms with Crippen LogP contribution in [-0.4, -0.2) is 18.1 Å². The maximum absolute atomic E-state index is 5.90. The quantitative estimate of drug-likeness (QED) is 0.893. The fourth-order valence-corrected chi connectivity index (χ4v) is 3.38. The molecule has 2 rings (SSSR count). The summed E-state index contributed by atoms with van der Waals surface area (Å²) >= 11 is 3.65. The summed E-state index contributed by atoms with van der Waals surface area (Å²) in [6.45, 7) is 8.90. The normalized spacial score (nSPS) is 20.7. The van der Waals surface area contributed by atoms with E-state index < -0.39 is 0 Å². The average molecular weight is 326 g/mol. The molecule has 1 unspecified atom stereocenters. The molecule has 1 aliphatic rings. The molecular weight excluding hydrogens is 302 g/mol. The van der Waals surface area contributed by atoms with E-state index in [1.807, 2.05) is 6.92 Å². The number of rotatable bonds is 2. The highest BCUT2D eigenvalue weighted by Crippen LogP contribution is 2.33. The summed E-state index contributed by atoms with van der Waals surface area (Å²) in [5.41, 5.74) is 7.75. The largest absolute Gasteiger partial charge is 0.397 e. The Bertz CT molecular complexity index is 445. The van der Waals surface area contributed by atoms with Crippen LogP contribution in [0.15, 0.2) is 10.7 Å². The first-order valence-electron chi connectivity index (χ1n) is 7.16. The highest BCUT2D eigenvalue weighted by molar-refractivity contribution is 9.10. The third kappa shape index (κ3) is 3.22. The van der Waals surface area contributed by atoms with Crippen molar-refractivity contribution in [3.63, 3.8) is 0 Å². The first kappa shape index (κ1) is 14.6. The lowest BCUT2D eigenvalue weighted by atomic mass is 9.89. The lowest BCUT2D eigenvalue weighted by molar-refractivity contribution is 0.351. The van der Waals surface area contributed by atoms with Gasteiger partial charge in [-0.05, 0) is 59.5 Å². The highest BCUT2D eigenvalue weighted by atomic mass is 79.9. The van der Waals surface area contributed by atoms with Crippen LogP contribution in [0, 0.1) is 18.8 Å². The van der Waals surface area contributed by atoms with Crippen LogP contribution in [-0.2, 0) is 0 Å². The van der Waals surface area contributed by atoms with Gasteiger partial charge in [0.25, 0.3) is 0 Å². The van der Waals surface area contributed by atoms with Gasteiger partial charge in [-0.2, -0.15) is 0 Å². The van der Waals surface area contributed by atoms with Gasteiger partial charge in [0.1, 0.15) is 5.82 Å². The van der Waals surface area contributed by atoms with Crippen LogP contribution in [0.25, 0.3) is 0 Å². The van der Waals surface area contributed by atoms with Gasteiger partial charge in [-0.1, -0.05) is 13.8 Å². The third-order valence-corrected chi connectivity index (χ3v) is 5.25. The van der Waals surface area contributed by atoms with Crippen molar-refractivity contribution in [3.05, 3.63) is 16.2 Å². The predicted molar refractivity (Wildman–Crippen MR) is 85.5 cm³/mol. The lowest BCUT2D eigenvalue weighted by Crippen LogP contribution is -2.26. The van der Waals surface area contributed by atoms with Gasteiger partial charge in [-0.3, -0.25) is 0 Å². The Labute approximate surface area is 124 Å². The number of nitrogen functional groups attached to an aromatic ring is 1. The molecule has 2 heterocycles. The summed E-state index contributed by atoms with van der Waals surface area (Å²) in [5, 5.41) is 0.